The number of nitro benzene ring substituents is 1. The second-order valence-corrected chi connectivity index (χ2v) is 4.19. The zero-order valence-electron chi connectivity index (χ0n) is 10.2. The van der Waals surface area contributed by atoms with Crippen LogP contribution in [-0.2, 0) is 0 Å². The second kappa shape index (κ2) is 4.48. The van der Waals surface area contributed by atoms with Crippen LogP contribution in [0, 0.1) is 21.4 Å². The molecule has 6 nitrogen and oxygen atoms in total. The predicted molar refractivity (Wildman–Crippen MR) is 72.9 cm³/mol. The summed E-state index contributed by atoms with van der Waals surface area (Å²) in [6.45, 7) is 0. The third-order valence-corrected chi connectivity index (χ3v) is 3.03. The van der Waals surface area contributed by atoms with Crippen molar-refractivity contribution < 1.29 is 4.92 Å². The molecule has 0 radical (unpaired) electrons. The average Bonchev–Trinajstić information content (AvgIpc) is 2.85. The van der Waals surface area contributed by atoms with Crippen molar-refractivity contribution >= 4 is 16.7 Å². The molecule has 96 valence electrons. The normalized spacial score (nSPS) is 10.3. The summed E-state index contributed by atoms with van der Waals surface area (Å²) in [5, 5.41) is 19.9. The van der Waals surface area contributed by atoms with Crippen molar-refractivity contribution in [3.05, 3.63) is 58.3 Å². The van der Waals surface area contributed by atoms with Gasteiger partial charge < -0.3 is 4.98 Å². The number of nitrogens with zero attached hydrogens (tertiary/aromatic N) is 3. The third-order valence-electron chi connectivity index (χ3n) is 3.03. The van der Waals surface area contributed by atoms with E-state index in [9.17, 15) is 15.4 Å². The number of nitriles is 1. The van der Waals surface area contributed by atoms with Gasteiger partial charge in [-0.25, -0.2) is 0 Å². The van der Waals surface area contributed by atoms with E-state index in [4.69, 9.17) is 0 Å². The highest BCUT2D eigenvalue weighted by Crippen LogP contribution is 2.29. The van der Waals surface area contributed by atoms with Crippen molar-refractivity contribution in [2.24, 2.45) is 0 Å². The Morgan fingerprint density at radius 2 is 2.00 bits per heavy atom. The summed E-state index contributed by atoms with van der Waals surface area (Å²) in [6.07, 6.45) is 1.62. The van der Waals surface area contributed by atoms with Crippen molar-refractivity contribution in [3.63, 3.8) is 0 Å². The summed E-state index contributed by atoms with van der Waals surface area (Å²) in [5.74, 6) is 0. The number of aromatic nitrogens is 2. The maximum atomic E-state index is 10.6. The molecule has 6 heteroatoms. The summed E-state index contributed by atoms with van der Waals surface area (Å²) in [7, 11) is 0. The van der Waals surface area contributed by atoms with Crippen LogP contribution < -0.4 is 0 Å². The number of rotatable bonds is 2. The minimum absolute atomic E-state index is 0.0153. The number of benzene rings is 1. The maximum Gasteiger partial charge on any atom is 0.269 e. The number of nitro groups is 1. The van der Waals surface area contributed by atoms with E-state index >= 15 is 0 Å². The van der Waals surface area contributed by atoms with Crippen LogP contribution in [0.15, 0.2) is 42.6 Å². The average molecular weight is 264 g/mol. The number of non-ortho nitro benzene ring substituents is 1. The molecule has 1 N–H and O–H groups in total. The van der Waals surface area contributed by atoms with Gasteiger partial charge in [0.25, 0.3) is 5.69 Å². The van der Waals surface area contributed by atoms with Gasteiger partial charge in [-0.3, -0.25) is 15.1 Å². The molecule has 0 fully saturated rings. The monoisotopic (exact) mass is 264 g/mol. The molecule has 2 heterocycles. The van der Waals surface area contributed by atoms with Crippen molar-refractivity contribution in [2.45, 2.75) is 0 Å². The second-order valence-electron chi connectivity index (χ2n) is 4.19. The summed E-state index contributed by atoms with van der Waals surface area (Å²) in [5.41, 5.74) is 3.15. The van der Waals surface area contributed by atoms with E-state index in [0.717, 1.165) is 5.52 Å². The fourth-order valence-electron chi connectivity index (χ4n) is 2.10. The Bertz CT molecular complexity index is 844. The molecule has 0 aliphatic rings. The number of H-pyrrole nitrogens is 1. The molecule has 0 unspecified atom stereocenters. The highest BCUT2D eigenvalue weighted by molar-refractivity contribution is 5.90. The molecule has 0 saturated carbocycles. The molecule has 3 aromatic rings. The SMILES string of the molecule is N#Cc1c(-c2ccc([N+](=O)[O-])cc2)[nH]c2cccnc12. The molecular weight excluding hydrogens is 256 g/mol. The molecule has 1 aromatic carbocycles. The standard InChI is InChI=1S/C14H8N4O2/c15-8-11-13(17-12-2-1-7-16-14(11)12)9-3-5-10(6-4-9)18(19)20/h1-7,17H. The van der Waals surface area contributed by atoms with Gasteiger partial charge in [0.05, 0.1) is 16.1 Å². The van der Waals surface area contributed by atoms with E-state index in [2.05, 4.69) is 16.0 Å². The van der Waals surface area contributed by atoms with Gasteiger partial charge in [0.15, 0.2) is 0 Å². The Labute approximate surface area is 113 Å². The Hall–Kier alpha value is -3.20. The van der Waals surface area contributed by atoms with Crippen LogP contribution >= 0.6 is 0 Å². The zero-order valence-corrected chi connectivity index (χ0v) is 10.2. The van der Waals surface area contributed by atoms with Gasteiger partial charge in [-0.1, -0.05) is 0 Å². The third kappa shape index (κ3) is 1.78. The number of pyridine rings is 1. The summed E-state index contributed by atoms with van der Waals surface area (Å²) >= 11 is 0. The lowest BCUT2D eigenvalue weighted by molar-refractivity contribution is -0.384. The minimum atomic E-state index is -0.457. The van der Waals surface area contributed by atoms with Gasteiger partial charge in [0, 0.05) is 18.3 Å². The number of nitrogens with one attached hydrogen (secondary N) is 1. The number of hydrogen-bond acceptors (Lipinski definition) is 4. The Balaban J connectivity index is 2.19. The Kier molecular flexibility index (Phi) is 2.66. The van der Waals surface area contributed by atoms with E-state index in [-0.39, 0.29) is 5.69 Å². The smallest absolute Gasteiger partial charge is 0.269 e. The van der Waals surface area contributed by atoms with Gasteiger partial charge >= 0.3 is 0 Å². The van der Waals surface area contributed by atoms with Gasteiger partial charge in [-0.15, -0.1) is 0 Å². The first kappa shape index (κ1) is 11.9. The first-order valence-corrected chi connectivity index (χ1v) is 5.82. The van der Waals surface area contributed by atoms with Crippen molar-refractivity contribution in [1.29, 1.82) is 5.26 Å². The van der Waals surface area contributed by atoms with Crippen LogP contribution in [0.5, 0.6) is 0 Å². The van der Waals surface area contributed by atoms with Crippen LogP contribution in [0.25, 0.3) is 22.3 Å². The largest absolute Gasteiger partial charge is 0.352 e. The van der Waals surface area contributed by atoms with Crippen LogP contribution in [0.2, 0.25) is 0 Å². The molecule has 0 atom stereocenters. The first-order chi connectivity index (χ1) is 9.70. The highest BCUT2D eigenvalue weighted by atomic mass is 16.6. The molecular formula is C14H8N4O2. The lowest BCUT2D eigenvalue weighted by Gasteiger charge is -1.98. The van der Waals surface area contributed by atoms with Crippen LogP contribution in [0.1, 0.15) is 5.56 Å². The lowest BCUT2D eigenvalue weighted by atomic mass is 10.1. The van der Waals surface area contributed by atoms with Crippen LogP contribution in [0.4, 0.5) is 5.69 Å². The molecule has 2 aromatic heterocycles. The van der Waals surface area contributed by atoms with Crippen molar-refractivity contribution in [3.8, 4) is 17.3 Å². The van der Waals surface area contributed by atoms with Crippen molar-refractivity contribution in [2.75, 3.05) is 0 Å². The quantitative estimate of drug-likeness (QED) is 0.568. The fraction of sp³-hybridized carbons (Fsp3) is 0. The molecule has 0 aliphatic heterocycles. The first-order valence-electron chi connectivity index (χ1n) is 5.82. The Morgan fingerprint density at radius 3 is 2.65 bits per heavy atom. The summed E-state index contributed by atoms with van der Waals surface area (Å²) in [6, 6.07) is 11.8. The molecule has 20 heavy (non-hydrogen) atoms. The predicted octanol–water partition coefficient (Wildman–Crippen LogP) is 3.01. The molecule has 3 rings (SSSR count). The molecule has 0 amide bonds. The molecule has 0 saturated heterocycles. The Morgan fingerprint density at radius 1 is 1.25 bits per heavy atom. The lowest BCUT2D eigenvalue weighted by Crippen LogP contribution is -1.88. The summed E-state index contributed by atoms with van der Waals surface area (Å²) in [4.78, 5) is 17.5. The van der Waals surface area contributed by atoms with E-state index in [0.29, 0.717) is 22.3 Å². The number of hydrogen-bond donors (Lipinski definition) is 1. The summed E-state index contributed by atoms with van der Waals surface area (Å²) < 4.78 is 0. The number of aromatic amines is 1. The molecule has 0 bridgehead atoms. The van der Waals surface area contributed by atoms with E-state index in [1.54, 1.807) is 24.4 Å². The minimum Gasteiger partial charge on any atom is -0.352 e. The molecule has 0 aliphatic carbocycles. The maximum absolute atomic E-state index is 10.6. The topological polar surface area (TPSA) is 95.6 Å². The van der Waals surface area contributed by atoms with Gasteiger partial charge in [0.1, 0.15) is 17.1 Å². The van der Waals surface area contributed by atoms with E-state index < -0.39 is 4.92 Å². The highest BCUT2D eigenvalue weighted by Gasteiger charge is 2.14. The molecule has 0 spiro atoms. The number of fused-ring (bicyclic) bond motifs is 1. The van der Waals surface area contributed by atoms with E-state index in [1.165, 1.54) is 12.1 Å². The van der Waals surface area contributed by atoms with Gasteiger partial charge in [-0.2, -0.15) is 5.26 Å². The van der Waals surface area contributed by atoms with Gasteiger partial charge in [0.2, 0.25) is 0 Å². The van der Waals surface area contributed by atoms with Crippen LogP contribution in [0.3, 0.4) is 0 Å². The van der Waals surface area contributed by atoms with Gasteiger partial charge in [-0.05, 0) is 29.8 Å². The van der Waals surface area contributed by atoms with E-state index in [1.807, 2.05) is 6.07 Å². The zero-order chi connectivity index (χ0) is 14.1. The fourth-order valence-corrected chi connectivity index (χ4v) is 2.10. The van der Waals surface area contributed by atoms with Crippen LogP contribution in [-0.4, -0.2) is 14.9 Å². The van der Waals surface area contributed by atoms with Crippen molar-refractivity contribution in [1.82, 2.24) is 9.97 Å².